The molecule has 0 unspecified atom stereocenters. The summed E-state index contributed by atoms with van der Waals surface area (Å²) in [6.45, 7) is 0. The smallest absolute Gasteiger partial charge is 0.276 e. The third-order valence-corrected chi connectivity index (χ3v) is 3.41. The molecule has 8 heteroatoms. The van der Waals surface area contributed by atoms with Crippen LogP contribution < -0.4 is 5.73 Å². The van der Waals surface area contributed by atoms with Crippen molar-refractivity contribution in [3.63, 3.8) is 0 Å². The maximum Gasteiger partial charge on any atom is 0.276 e. The van der Waals surface area contributed by atoms with Crippen molar-refractivity contribution in [1.29, 1.82) is 0 Å². The van der Waals surface area contributed by atoms with Gasteiger partial charge in [0.15, 0.2) is 0 Å². The number of hydrogen-bond donors (Lipinski definition) is 1. The molecule has 0 saturated heterocycles. The SMILES string of the molecule is Nc1nc(Cc2ccccc2)nc(-c2noc(-c3ccccn3)n2)n1. The zero-order chi connectivity index (χ0) is 17.1. The molecule has 0 radical (unpaired) electrons. The van der Waals surface area contributed by atoms with E-state index >= 15 is 0 Å². The summed E-state index contributed by atoms with van der Waals surface area (Å²) in [5.74, 6) is 1.45. The number of aromatic nitrogens is 6. The summed E-state index contributed by atoms with van der Waals surface area (Å²) >= 11 is 0. The first-order valence-electron chi connectivity index (χ1n) is 7.58. The largest absolute Gasteiger partial charge is 0.368 e. The number of pyridine rings is 1. The van der Waals surface area contributed by atoms with Crippen LogP contribution in [-0.4, -0.2) is 30.1 Å². The first kappa shape index (κ1) is 14.9. The number of benzene rings is 1. The fraction of sp³-hybridized carbons (Fsp3) is 0.0588. The molecule has 0 bridgehead atoms. The van der Waals surface area contributed by atoms with Crippen molar-refractivity contribution < 1.29 is 4.52 Å². The standard InChI is InChI=1S/C17H13N7O/c18-17-21-13(10-11-6-2-1-3-7-11)20-14(23-17)15-22-16(25-24-15)12-8-4-5-9-19-12/h1-9H,10H2,(H2,18,20,21,23). The minimum absolute atomic E-state index is 0.111. The summed E-state index contributed by atoms with van der Waals surface area (Å²) in [5.41, 5.74) is 7.45. The normalized spacial score (nSPS) is 10.7. The van der Waals surface area contributed by atoms with E-state index in [9.17, 15) is 0 Å². The maximum absolute atomic E-state index is 5.81. The molecule has 0 aliphatic rings. The molecule has 3 heterocycles. The molecule has 122 valence electrons. The second kappa shape index (κ2) is 6.44. The van der Waals surface area contributed by atoms with Crippen molar-refractivity contribution in [1.82, 2.24) is 30.1 Å². The van der Waals surface area contributed by atoms with E-state index < -0.39 is 0 Å². The van der Waals surface area contributed by atoms with Gasteiger partial charge in [-0.2, -0.15) is 15.0 Å². The molecule has 4 aromatic rings. The lowest BCUT2D eigenvalue weighted by molar-refractivity contribution is 0.430. The third-order valence-electron chi connectivity index (χ3n) is 3.41. The van der Waals surface area contributed by atoms with Crippen LogP contribution in [0.2, 0.25) is 0 Å². The van der Waals surface area contributed by atoms with Gasteiger partial charge in [0.25, 0.3) is 5.89 Å². The van der Waals surface area contributed by atoms with Crippen LogP contribution in [0.5, 0.6) is 0 Å². The van der Waals surface area contributed by atoms with Crippen molar-refractivity contribution in [3.05, 3.63) is 66.1 Å². The Morgan fingerprint density at radius 2 is 1.68 bits per heavy atom. The second-order valence-electron chi connectivity index (χ2n) is 5.23. The molecule has 8 nitrogen and oxygen atoms in total. The highest BCUT2D eigenvalue weighted by Gasteiger charge is 2.15. The van der Waals surface area contributed by atoms with E-state index in [1.165, 1.54) is 0 Å². The molecular weight excluding hydrogens is 318 g/mol. The van der Waals surface area contributed by atoms with Gasteiger partial charge in [-0.15, -0.1) is 0 Å². The molecule has 0 aliphatic carbocycles. The van der Waals surface area contributed by atoms with Crippen LogP contribution in [-0.2, 0) is 6.42 Å². The zero-order valence-electron chi connectivity index (χ0n) is 13.1. The Bertz CT molecular complexity index is 986. The fourth-order valence-electron chi connectivity index (χ4n) is 2.30. The Labute approximate surface area is 142 Å². The third kappa shape index (κ3) is 3.32. The van der Waals surface area contributed by atoms with Gasteiger partial charge < -0.3 is 10.3 Å². The van der Waals surface area contributed by atoms with E-state index in [-0.39, 0.29) is 17.6 Å². The van der Waals surface area contributed by atoms with Crippen LogP contribution in [0.1, 0.15) is 11.4 Å². The van der Waals surface area contributed by atoms with E-state index in [1.54, 1.807) is 12.3 Å². The zero-order valence-corrected chi connectivity index (χ0v) is 13.1. The Balaban J connectivity index is 1.66. The van der Waals surface area contributed by atoms with E-state index in [0.717, 1.165) is 5.56 Å². The van der Waals surface area contributed by atoms with Crippen LogP contribution in [0.4, 0.5) is 5.95 Å². The predicted octanol–water partition coefficient (Wildman–Crippen LogP) is 2.16. The van der Waals surface area contributed by atoms with E-state index in [0.29, 0.717) is 23.8 Å². The van der Waals surface area contributed by atoms with E-state index in [4.69, 9.17) is 10.3 Å². The predicted molar refractivity (Wildman–Crippen MR) is 90.0 cm³/mol. The number of anilines is 1. The van der Waals surface area contributed by atoms with Gasteiger partial charge in [0, 0.05) is 12.6 Å². The molecule has 1 aromatic carbocycles. The molecule has 2 N–H and O–H groups in total. The summed E-state index contributed by atoms with van der Waals surface area (Å²) in [7, 11) is 0. The molecule has 4 rings (SSSR count). The first-order valence-corrected chi connectivity index (χ1v) is 7.58. The molecule has 0 amide bonds. The molecule has 0 fully saturated rings. The molecule has 0 aliphatic heterocycles. The maximum atomic E-state index is 5.81. The lowest BCUT2D eigenvalue weighted by Crippen LogP contribution is -2.06. The van der Waals surface area contributed by atoms with Crippen LogP contribution in [0.3, 0.4) is 0 Å². The summed E-state index contributed by atoms with van der Waals surface area (Å²) < 4.78 is 5.24. The molecular formula is C17H13N7O. The van der Waals surface area contributed by atoms with Gasteiger partial charge in [-0.25, -0.2) is 4.98 Å². The van der Waals surface area contributed by atoms with Crippen molar-refractivity contribution >= 4 is 5.95 Å². The van der Waals surface area contributed by atoms with Crippen LogP contribution in [0.25, 0.3) is 23.2 Å². The Morgan fingerprint density at radius 3 is 2.48 bits per heavy atom. The number of nitrogens with two attached hydrogens (primary N) is 1. The fourth-order valence-corrected chi connectivity index (χ4v) is 2.30. The van der Waals surface area contributed by atoms with Gasteiger partial charge in [-0.1, -0.05) is 41.6 Å². The highest BCUT2D eigenvalue weighted by atomic mass is 16.5. The van der Waals surface area contributed by atoms with Crippen molar-refractivity contribution in [2.75, 3.05) is 5.73 Å². The molecule has 0 spiro atoms. The molecule has 0 atom stereocenters. The summed E-state index contributed by atoms with van der Waals surface area (Å²) in [6.07, 6.45) is 2.18. The van der Waals surface area contributed by atoms with Gasteiger partial charge in [0.2, 0.25) is 17.6 Å². The van der Waals surface area contributed by atoms with E-state index in [1.807, 2.05) is 42.5 Å². The van der Waals surface area contributed by atoms with Crippen LogP contribution in [0, 0.1) is 0 Å². The number of nitrogen functional groups attached to an aromatic ring is 1. The van der Waals surface area contributed by atoms with Crippen molar-refractivity contribution in [3.8, 4) is 23.2 Å². The summed E-state index contributed by atoms with van der Waals surface area (Å²) in [5, 5.41) is 3.92. The number of nitrogens with zero attached hydrogens (tertiary/aromatic N) is 6. The molecule has 25 heavy (non-hydrogen) atoms. The highest BCUT2D eigenvalue weighted by Crippen LogP contribution is 2.19. The van der Waals surface area contributed by atoms with Gasteiger partial charge in [0.1, 0.15) is 11.5 Å². The lowest BCUT2D eigenvalue weighted by atomic mass is 10.1. The van der Waals surface area contributed by atoms with Crippen LogP contribution in [0.15, 0.2) is 59.3 Å². The second-order valence-corrected chi connectivity index (χ2v) is 5.23. The Hall–Kier alpha value is -3.68. The summed E-state index contributed by atoms with van der Waals surface area (Å²) in [6, 6.07) is 15.3. The van der Waals surface area contributed by atoms with Gasteiger partial charge in [0.05, 0.1) is 0 Å². The topological polar surface area (TPSA) is 116 Å². The number of rotatable bonds is 4. The van der Waals surface area contributed by atoms with E-state index in [2.05, 4.69) is 30.1 Å². The minimum Gasteiger partial charge on any atom is -0.368 e. The molecule has 3 aromatic heterocycles. The highest BCUT2D eigenvalue weighted by molar-refractivity contribution is 5.52. The average Bonchev–Trinajstić information content (AvgIpc) is 3.13. The van der Waals surface area contributed by atoms with Crippen molar-refractivity contribution in [2.24, 2.45) is 0 Å². The number of hydrogen-bond acceptors (Lipinski definition) is 8. The van der Waals surface area contributed by atoms with Gasteiger partial charge in [-0.05, 0) is 17.7 Å². The Morgan fingerprint density at radius 1 is 0.840 bits per heavy atom. The first-order chi connectivity index (χ1) is 12.3. The monoisotopic (exact) mass is 331 g/mol. The van der Waals surface area contributed by atoms with Crippen molar-refractivity contribution in [2.45, 2.75) is 6.42 Å². The summed E-state index contributed by atoms with van der Waals surface area (Å²) in [4.78, 5) is 21.1. The average molecular weight is 331 g/mol. The van der Waals surface area contributed by atoms with Gasteiger partial charge >= 0.3 is 0 Å². The minimum atomic E-state index is 0.111. The van der Waals surface area contributed by atoms with Crippen LogP contribution >= 0.6 is 0 Å². The molecule has 0 saturated carbocycles. The lowest BCUT2D eigenvalue weighted by Gasteiger charge is -2.02. The van der Waals surface area contributed by atoms with Gasteiger partial charge in [-0.3, -0.25) is 4.98 Å². The Kier molecular flexibility index (Phi) is 3.83. The quantitative estimate of drug-likeness (QED) is 0.604.